The third-order valence-electron chi connectivity index (χ3n) is 4.95. The van der Waals surface area contributed by atoms with E-state index in [-0.39, 0.29) is 17.7 Å². The van der Waals surface area contributed by atoms with Crippen molar-refractivity contribution in [1.82, 2.24) is 9.13 Å². The fourth-order valence-corrected chi connectivity index (χ4v) is 3.74. The van der Waals surface area contributed by atoms with Crippen LogP contribution >= 0.6 is 0 Å². The molecule has 0 aliphatic carbocycles. The largest absolute Gasteiger partial charge is 0.456 e. The van der Waals surface area contributed by atoms with Crippen molar-refractivity contribution < 1.29 is 13.9 Å². The summed E-state index contributed by atoms with van der Waals surface area (Å²) in [5.74, 6) is -1.48. The third-order valence-corrected chi connectivity index (χ3v) is 4.95. The topological polar surface area (TPSA) is 82.3 Å². The van der Waals surface area contributed by atoms with Crippen LogP contribution in [0.15, 0.2) is 45.1 Å². The zero-order valence-corrected chi connectivity index (χ0v) is 14.9. The average Bonchev–Trinajstić information content (AvgIpc) is 3.02. The molecule has 1 atom stereocenters. The van der Waals surface area contributed by atoms with E-state index >= 15 is 0 Å². The van der Waals surface area contributed by atoms with Crippen LogP contribution in [0.1, 0.15) is 30.4 Å². The van der Waals surface area contributed by atoms with Gasteiger partial charge in [0.1, 0.15) is 18.2 Å². The minimum Gasteiger partial charge on any atom is -0.456 e. The molecular weight excluding hydrogens is 353 g/mol. The number of nitrogens with zero attached hydrogens (tertiary/aromatic N) is 2. The lowest BCUT2D eigenvalue weighted by atomic mass is 9.82. The highest BCUT2D eigenvalue weighted by molar-refractivity contribution is 5.96. The SMILES string of the molecule is CCCn1c2c(c(=O)n(C)c1=O)[C@@H](c1cccc(F)c1)C1=C(COC1=O)N2. The van der Waals surface area contributed by atoms with Gasteiger partial charge in [0.25, 0.3) is 5.56 Å². The summed E-state index contributed by atoms with van der Waals surface area (Å²) in [7, 11) is 1.40. The van der Waals surface area contributed by atoms with Crippen LogP contribution in [0.3, 0.4) is 0 Å². The van der Waals surface area contributed by atoms with Crippen molar-refractivity contribution in [2.24, 2.45) is 7.05 Å². The van der Waals surface area contributed by atoms with Crippen molar-refractivity contribution in [3.8, 4) is 0 Å². The number of hydrogen-bond acceptors (Lipinski definition) is 5. The van der Waals surface area contributed by atoms with Crippen molar-refractivity contribution in [3.05, 3.63) is 73.3 Å². The van der Waals surface area contributed by atoms with E-state index in [1.807, 2.05) is 6.92 Å². The Kier molecular flexibility index (Phi) is 3.98. The Morgan fingerprint density at radius 2 is 2.07 bits per heavy atom. The molecule has 2 aliphatic rings. The van der Waals surface area contributed by atoms with Gasteiger partial charge in [-0.15, -0.1) is 0 Å². The molecule has 3 heterocycles. The van der Waals surface area contributed by atoms with Gasteiger partial charge in [0.15, 0.2) is 0 Å². The highest BCUT2D eigenvalue weighted by atomic mass is 19.1. The smallest absolute Gasteiger partial charge is 0.337 e. The fourth-order valence-electron chi connectivity index (χ4n) is 3.74. The van der Waals surface area contributed by atoms with Crippen LogP contribution in [0.25, 0.3) is 0 Å². The second kappa shape index (κ2) is 6.22. The third kappa shape index (κ3) is 2.51. The quantitative estimate of drug-likeness (QED) is 0.826. The standard InChI is InChI=1S/C19H18FN3O4/c1-3-7-23-16-15(17(24)22(2)19(23)26)13(10-5-4-6-11(20)8-10)14-12(21-16)9-27-18(14)25/h4-6,8,13,21H,3,7,9H2,1-2H3/t13-/m0/s1. The van der Waals surface area contributed by atoms with E-state index < -0.39 is 29.0 Å². The fraction of sp³-hybridized carbons (Fsp3) is 0.316. The molecule has 4 rings (SSSR count). The Balaban J connectivity index is 2.08. The number of esters is 1. The molecule has 0 amide bonds. The van der Waals surface area contributed by atoms with E-state index in [9.17, 15) is 18.8 Å². The molecule has 8 heteroatoms. The van der Waals surface area contributed by atoms with E-state index in [2.05, 4.69) is 5.32 Å². The van der Waals surface area contributed by atoms with Crippen molar-refractivity contribution in [2.75, 3.05) is 11.9 Å². The zero-order valence-electron chi connectivity index (χ0n) is 14.9. The molecule has 0 saturated carbocycles. The van der Waals surface area contributed by atoms with Crippen LogP contribution < -0.4 is 16.6 Å². The first-order valence-electron chi connectivity index (χ1n) is 8.70. The summed E-state index contributed by atoms with van der Waals surface area (Å²) in [4.78, 5) is 38.0. The van der Waals surface area contributed by atoms with Gasteiger partial charge in [0, 0.05) is 13.6 Å². The summed E-state index contributed by atoms with van der Waals surface area (Å²) in [6, 6.07) is 5.78. The molecule has 1 aromatic carbocycles. The van der Waals surface area contributed by atoms with E-state index in [4.69, 9.17) is 4.74 Å². The van der Waals surface area contributed by atoms with Crippen LogP contribution in [0.2, 0.25) is 0 Å². The highest BCUT2D eigenvalue weighted by Gasteiger charge is 2.41. The molecule has 7 nitrogen and oxygen atoms in total. The lowest BCUT2D eigenvalue weighted by Crippen LogP contribution is -2.44. The number of hydrogen-bond donors (Lipinski definition) is 1. The summed E-state index contributed by atoms with van der Waals surface area (Å²) >= 11 is 0. The molecule has 0 unspecified atom stereocenters. The Labute approximate surface area is 153 Å². The number of fused-ring (bicyclic) bond motifs is 1. The number of anilines is 1. The molecule has 0 fully saturated rings. The summed E-state index contributed by atoms with van der Waals surface area (Å²) in [6.45, 7) is 2.34. The molecular formula is C19H18FN3O4. The van der Waals surface area contributed by atoms with Crippen LogP contribution in [-0.4, -0.2) is 21.7 Å². The normalized spacial score (nSPS) is 18.0. The Morgan fingerprint density at radius 1 is 1.30 bits per heavy atom. The zero-order chi connectivity index (χ0) is 19.3. The number of rotatable bonds is 3. The van der Waals surface area contributed by atoms with E-state index in [1.54, 1.807) is 6.07 Å². The van der Waals surface area contributed by atoms with E-state index in [1.165, 1.54) is 29.8 Å². The molecule has 1 N–H and O–H groups in total. The van der Waals surface area contributed by atoms with Gasteiger partial charge in [-0.2, -0.15) is 0 Å². The summed E-state index contributed by atoms with van der Waals surface area (Å²) in [5, 5.41) is 3.06. The van der Waals surface area contributed by atoms with Gasteiger partial charge in [-0.1, -0.05) is 19.1 Å². The number of carbonyl (C=O) groups excluding carboxylic acids is 1. The molecule has 0 saturated heterocycles. The number of halogens is 1. The number of ether oxygens (including phenoxy) is 1. The Bertz CT molecular complexity index is 1110. The molecule has 2 aromatic rings. The Hall–Kier alpha value is -3.16. The van der Waals surface area contributed by atoms with Gasteiger partial charge in [0.2, 0.25) is 0 Å². The number of carbonyl (C=O) groups is 1. The van der Waals surface area contributed by atoms with Gasteiger partial charge < -0.3 is 10.1 Å². The van der Waals surface area contributed by atoms with Crippen molar-refractivity contribution >= 4 is 11.8 Å². The number of cyclic esters (lactones) is 1. The second-order valence-electron chi connectivity index (χ2n) is 6.64. The Morgan fingerprint density at radius 3 is 2.78 bits per heavy atom. The number of nitrogens with one attached hydrogen (secondary N) is 1. The second-order valence-corrected chi connectivity index (χ2v) is 6.64. The minimum absolute atomic E-state index is 0.0228. The van der Waals surface area contributed by atoms with Crippen LogP contribution in [0.4, 0.5) is 10.2 Å². The molecule has 2 aliphatic heterocycles. The molecule has 1 aromatic heterocycles. The van der Waals surface area contributed by atoms with Crippen LogP contribution in [0, 0.1) is 5.82 Å². The maximum Gasteiger partial charge on any atom is 0.337 e. The van der Waals surface area contributed by atoms with Crippen molar-refractivity contribution in [2.45, 2.75) is 25.8 Å². The van der Waals surface area contributed by atoms with Crippen LogP contribution in [0.5, 0.6) is 0 Å². The molecule has 27 heavy (non-hydrogen) atoms. The average molecular weight is 371 g/mol. The van der Waals surface area contributed by atoms with Gasteiger partial charge >= 0.3 is 11.7 Å². The molecule has 0 bridgehead atoms. The number of aromatic nitrogens is 2. The maximum absolute atomic E-state index is 13.9. The number of benzene rings is 1. The first-order chi connectivity index (χ1) is 12.9. The molecule has 0 radical (unpaired) electrons. The van der Waals surface area contributed by atoms with Crippen molar-refractivity contribution in [3.63, 3.8) is 0 Å². The monoisotopic (exact) mass is 371 g/mol. The lowest BCUT2D eigenvalue weighted by molar-refractivity contribution is -0.136. The predicted molar refractivity (Wildman–Crippen MR) is 96.1 cm³/mol. The summed E-state index contributed by atoms with van der Waals surface area (Å²) in [6.07, 6.45) is 0.679. The van der Waals surface area contributed by atoms with Gasteiger partial charge in [-0.05, 0) is 24.1 Å². The van der Waals surface area contributed by atoms with Crippen LogP contribution in [-0.2, 0) is 23.1 Å². The molecule has 0 spiro atoms. The van der Waals surface area contributed by atoms with Gasteiger partial charge in [-0.3, -0.25) is 13.9 Å². The van der Waals surface area contributed by atoms with E-state index in [0.717, 1.165) is 4.57 Å². The first kappa shape index (κ1) is 17.3. The van der Waals surface area contributed by atoms with E-state index in [0.29, 0.717) is 30.0 Å². The maximum atomic E-state index is 13.9. The minimum atomic E-state index is -0.802. The summed E-state index contributed by atoms with van der Waals surface area (Å²) in [5.41, 5.74) is 0.526. The first-order valence-corrected chi connectivity index (χ1v) is 8.70. The van der Waals surface area contributed by atoms with Gasteiger partial charge in [-0.25, -0.2) is 14.0 Å². The summed E-state index contributed by atoms with van der Waals surface area (Å²) < 4.78 is 21.5. The van der Waals surface area contributed by atoms with Crippen molar-refractivity contribution in [1.29, 1.82) is 0 Å². The highest BCUT2D eigenvalue weighted by Crippen LogP contribution is 2.42. The molecule has 140 valence electrons. The van der Waals surface area contributed by atoms with Gasteiger partial charge in [0.05, 0.1) is 22.8 Å². The predicted octanol–water partition coefficient (Wildman–Crippen LogP) is 1.46. The lowest BCUT2D eigenvalue weighted by Gasteiger charge is -2.29.